The number of benzene rings is 1. The Bertz CT molecular complexity index is 592. The summed E-state index contributed by atoms with van der Waals surface area (Å²) in [5, 5.41) is 3.01. The summed E-state index contributed by atoms with van der Waals surface area (Å²) in [6, 6.07) is 13.7. The maximum absolute atomic E-state index is 12.4. The van der Waals surface area contributed by atoms with E-state index < -0.39 is 0 Å². The minimum atomic E-state index is -0.158. The molecule has 1 aromatic carbocycles. The zero-order valence-electron chi connectivity index (χ0n) is 13.5. The summed E-state index contributed by atoms with van der Waals surface area (Å²) in [4.78, 5) is 14.4. The first-order chi connectivity index (χ1) is 10.6. The molecule has 0 unspecified atom stereocenters. The number of furan rings is 1. The van der Waals surface area contributed by atoms with Gasteiger partial charge in [-0.25, -0.2) is 0 Å². The van der Waals surface area contributed by atoms with Crippen molar-refractivity contribution < 1.29 is 9.21 Å². The Labute approximate surface area is 132 Å². The van der Waals surface area contributed by atoms with Crippen LogP contribution in [0.5, 0.6) is 0 Å². The minimum Gasteiger partial charge on any atom is -0.465 e. The number of rotatable bonds is 7. The van der Waals surface area contributed by atoms with Crippen LogP contribution < -0.4 is 5.32 Å². The number of aryl methyl sites for hydroxylation is 1. The van der Waals surface area contributed by atoms with Crippen LogP contribution in [0.15, 0.2) is 46.9 Å². The molecule has 1 N–H and O–H groups in total. The summed E-state index contributed by atoms with van der Waals surface area (Å²) in [6.45, 7) is 5.14. The Hall–Kier alpha value is -2.07. The molecule has 0 aliphatic carbocycles. The summed E-state index contributed by atoms with van der Waals surface area (Å²) in [7, 11) is 1.95. The largest absolute Gasteiger partial charge is 0.465 e. The summed E-state index contributed by atoms with van der Waals surface area (Å²) in [5.41, 5.74) is 1.11. The highest BCUT2D eigenvalue weighted by Crippen LogP contribution is 2.12. The molecule has 0 radical (unpaired) electrons. The fraction of sp³-hybridized carbons (Fsp3) is 0.389. The Morgan fingerprint density at radius 1 is 1.23 bits per heavy atom. The Morgan fingerprint density at radius 2 is 1.95 bits per heavy atom. The summed E-state index contributed by atoms with van der Waals surface area (Å²) < 4.78 is 5.58. The van der Waals surface area contributed by atoms with Crippen LogP contribution in [0.4, 0.5) is 0 Å². The molecule has 118 valence electrons. The first-order valence-electron chi connectivity index (χ1n) is 7.67. The van der Waals surface area contributed by atoms with Crippen molar-refractivity contribution in [2.75, 3.05) is 7.05 Å². The van der Waals surface area contributed by atoms with Gasteiger partial charge in [0, 0.05) is 6.54 Å². The molecule has 1 atom stereocenters. The molecule has 0 saturated heterocycles. The molecule has 1 heterocycles. The number of nitrogens with zero attached hydrogens (tertiary/aromatic N) is 1. The fourth-order valence-corrected chi connectivity index (χ4v) is 2.53. The van der Waals surface area contributed by atoms with Crippen LogP contribution in [0.2, 0.25) is 0 Å². The molecule has 1 aromatic heterocycles. The molecule has 2 aromatic rings. The van der Waals surface area contributed by atoms with Gasteiger partial charge in [0.2, 0.25) is 5.91 Å². The van der Waals surface area contributed by atoms with Crippen molar-refractivity contribution in [3.63, 3.8) is 0 Å². The van der Waals surface area contributed by atoms with E-state index >= 15 is 0 Å². The SMILES string of the molecule is CC[C@@H](C(=O)NCc1ccccc1)N(C)Cc1ccc(C)o1. The van der Waals surface area contributed by atoms with Gasteiger partial charge in [0.15, 0.2) is 0 Å². The van der Waals surface area contributed by atoms with Crippen LogP contribution >= 0.6 is 0 Å². The quantitative estimate of drug-likeness (QED) is 0.854. The van der Waals surface area contributed by atoms with E-state index in [1.54, 1.807) is 0 Å². The smallest absolute Gasteiger partial charge is 0.237 e. The van der Waals surface area contributed by atoms with Gasteiger partial charge in [-0.1, -0.05) is 37.3 Å². The van der Waals surface area contributed by atoms with Crippen LogP contribution in [0.3, 0.4) is 0 Å². The molecule has 22 heavy (non-hydrogen) atoms. The molecule has 0 aliphatic rings. The van der Waals surface area contributed by atoms with E-state index in [4.69, 9.17) is 4.42 Å². The van der Waals surface area contributed by atoms with Crippen LogP contribution in [-0.4, -0.2) is 23.9 Å². The number of carbonyl (C=O) groups excluding carboxylic acids is 1. The lowest BCUT2D eigenvalue weighted by Crippen LogP contribution is -2.44. The first kappa shape index (κ1) is 16.3. The van der Waals surface area contributed by atoms with Crippen LogP contribution in [0, 0.1) is 6.92 Å². The molecular weight excluding hydrogens is 276 g/mol. The molecule has 0 saturated carbocycles. The fourth-order valence-electron chi connectivity index (χ4n) is 2.53. The molecule has 4 nitrogen and oxygen atoms in total. The van der Waals surface area contributed by atoms with E-state index in [0.29, 0.717) is 13.1 Å². The van der Waals surface area contributed by atoms with Crippen molar-refractivity contribution in [1.29, 1.82) is 0 Å². The second-order valence-electron chi connectivity index (χ2n) is 5.55. The number of carbonyl (C=O) groups is 1. The van der Waals surface area contributed by atoms with Crippen LogP contribution in [0.25, 0.3) is 0 Å². The topological polar surface area (TPSA) is 45.5 Å². The predicted molar refractivity (Wildman–Crippen MR) is 87.3 cm³/mol. The third kappa shape index (κ3) is 4.46. The second-order valence-corrected chi connectivity index (χ2v) is 5.55. The van der Waals surface area contributed by atoms with Crippen molar-refractivity contribution in [3.8, 4) is 0 Å². The van der Waals surface area contributed by atoms with E-state index in [0.717, 1.165) is 23.5 Å². The normalized spacial score (nSPS) is 12.4. The molecular formula is C18H24N2O2. The number of nitrogens with one attached hydrogen (secondary N) is 1. The van der Waals surface area contributed by atoms with Gasteiger partial charge in [0.1, 0.15) is 11.5 Å². The number of likely N-dealkylation sites (N-methyl/N-ethyl adjacent to an activating group) is 1. The van der Waals surface area contributed by atoms with Crippen molar-refractivity contribution >= 4 is 5.91 Å². The minimum absolute atomic E-state index is 0.0529. The van der Waals surface area contributed by atoms with E-state index in [-0.39, 0.29) is 11.9 Å². The molecule has 0 fully saturated rings. The predicted octanol–water partition coefficient (Wildman–Crippen LogP) is 3.11. The van der Waals surface area contributed by atoms with Crippen molar-refractivity contribution in [2.45, 2.75) is 39.4 Å². The molecule has 2 rings (SSSR count). The maximum atomic E-state index is 12.4. The monoisotopic (exact) mass is 300 g/mol. The second kappa shape index (κ2) is 7.80. The zero-order valence-corrected chi connectivity index (χ0v) is 13.5. The molecule has 1 amide bonds. The molecule has 0 aliphatic heterocycles. The van der Waals surface area contributed by atoms with Gasteiger partial charge < -0.3 is 9.73 Å². The lowest BCUT2D eigenvalue weighted by molar-refractivity contribution is -0.126. The van der Waals surface area contributed by atoms with Gasteiger partial charge >= 0.3 is 0 Å². The Balaban J connectivity index is 1.90. The van der Waals surface area contributed by atoms with Crippen LogP contribution in [-0.2, 0) is 17.9 Å². The Morgan fingerprint density at radius 3 is 2.55 bits per heavy atom. The van der Waals surface area contributed by atoms with Gasteiger partial charge in [-0.2, -0.15) is 0 Å². The van der Waals surface area contributed by atoms with E-state index in [9.17, 15) is 4.79 Å². The number of amides is 1. The van der Waals surface area contributed by atoms with Crippen molar-refractivity contribution in [1.82, 2.24) is 10.2 Å². The van der Waals surface area contributed by atoms with Gasteiger partial charge in [-0.15, -0.1) is 0 Å². The Kier molecular flexibility index (Phi) is 5.78. The highest BCUT2D eigenvalue weighted by molar-refractivity contribution is 5.81. The van der Waals surface area contributed by atoms with Crippen molar-refractivity contribution in [3.05, 3.63) is 59.5 Å². The zero-order chi connectivity index (χ0) is 15.9. The standard InChI is InChI=1S/C18H24N2O2/c1-4-17(20(3)13-16-11-10-14(2)22-16)18(21)19-12-15-8-6-5-7-9-15/h5-11,17H,4,12-13H2,1-3H3,(H,19,21)/t17-/m0/s1. The van der Waals surface area contributed by atoms with Crippen LogP contribution in [0.1, 0.15) is 30.4 Å². The molecule has 0 spiro atoms. The van der Waals surface area contributed by atoms with E-state index in [1.807, 2.05) is 68.3 Å². The average molecular weight is 300 g/mol. The van der Waals surface area contributed by atoms with Gasteiger partial charge in [0.25, 0.3) is 0 Å². The third-order valence-electron chi connectivity index (χ3n) is 3.73. The first-order valence-corrected chi connectivity index (χ1v) is 7.67. The van der Waals surface area contributed by atoms with E-state index in [1.165, 1.54) is 0 Å². The third-order valence-corrected chi connectivity index (χ3v) is 3.73. The molecule has 4 heteroatoms. The number of hydrogen-bond acceptors (Lipinski definition) is 3. The lowest BCUT2D eigenvalue weighted by Gasteiger charge is -2.25. The van der Waals surface area contributed by atoms with Crippen molar-refractivity contribution in [2.24, 2.45) is 0 Å². The summed E-state index contributed by atoms with van der Waals surface area (Å²) >= 11 is 0. The van der Waals surface area contributed by atoms with Gasteiger partial charge in [-0.3, -0.25) is 9.69 Å². The summed E-state index contributed by atoms with van der Waals surface area (Å²) in [5.74, 6) is 1.83. The van der Waals surface area contributed by atoms with E-state index in [2.05, 4.69) is 5.32 Å². The lowest BCUT2D eigenvalue weighted by atomic mass is 10.1. The highest BCUT2D eigenvalue weighted by Gasteiger charge is 2.21. The molecule has 0 bridgehead atoms. The highest BCUT2D eigenvalue weighted by atomic mass is 16.3. The van der Waals surface area contributed by atoms with Gasteiger partial charge in [-0.05, 0) is 38.1 Å². The average Bonchev–Trinajstić information content (AvgIpc) is 2.92. The number of hydrogen-bond donors (Lipinski definition) is 1. The summed E-state index contributed by atoms with van der Waals surface area (Å²) in [6.07, 6.45) is 0.761. The van der Waals surface area contributed by atoms with Gasteiger partial charge in [0.05, 0.1) is 12.6 Å². The maximum Gasteiger partial charge on any atom is 0.237 e.